The molecule has 2 aliphatic rings. The van der Waals surface area contributed by atoms with Gasteiger partial charge in [-0.25, -0.2) is 9.79 Å². The highest BCUT2D eigenvalue weighted by Gasteiger charge is 2.23. The first-order valence-corrected chi connectivity index (χ1v) is 12.3. The Balaban J connectivity index is 1.39. The molecule has 2 aromatic heterocycles. The molecule has 4 N–H and O–H groups in total. The molecule has 33 heavy (non-hydrogen) atoms. The van der Waals surface area contributed by atoms with E-state index in [0.29, 0.717) is 43.9 Å². The van der Waals surface area contributed by atoms with Crippen molar-refractivity contribution < 1.29 is 14.3 Å². The Kier molecular flexibility index (Phi) is 7.43. The number of nitrogens with zero attached hydrogens (tertiary/aromatic N) is 3. The monoisotopic (exact) mass is 470 g/mol. The lowest BCUT2D eigenvalue weighted by molar-refractivity contribution is -0.127. The highest BCUT2D eigenvalue weighted by atomic mass is 32.1. The van der Waals surface area contributed by atoms with Crippen LogP contribution in [0.15, 0.2) is 29.0 Å². The summed E-state index contributed by atoms with van der Waals surface area (Å²) in [4.78, 5) is 33.5. The van der Waals surface area contributed by atoms with Crippen LogP contribution in [0, 0.1) is 0 Å². The molecular weight excluding hydrogens is 440 g/mol. The predicted molar refractivity (Wildman–Crippen MR) is 129 cm³/mol. The normalized spacial score (nSPS) is 15.5. The van der Waals surface area contributed by atoms with Crippen molar-refractivity contribution in [2.75, 3.05) is 19.6 Å². The van der Waals surface area contributed by atoms with E-state index in [0.717, 1.165) is 46.7 Å². The molecule has 10 heteroatoms. The van der Waals surface area contributed by atoms with Crippen LogP contribution >= 0.6 is 11.3 Å². The van der Waals surface area contributed by atoms with Crippen LogP contribution in [-0.2, 0) is 9.53 Å². The van der Waals surface area contributed by atoms with Gasteiger partial charge in [-0.1, -0.05) is 6.92 Å². The second kappa shape index (κ2) is 10.7. The molecular formula is C23H30N6O3S. The van der Waals surface area contributed by atoms with Crippen molar-refractivity contribution in [3.63, 3.8) is 0 Å². The Morgan fingerprint density at radius 1 is 1.36 bits per heavy atom. The summed E-state index contributed by atoms with van der Waals surface area (Å²) in [5.41, 5.74) is 8.52. The number of hydrogen-bond donors (Lipinski definition) is 3. The molecule has 4 rings (SSSR count). The number of carbonyl (C=O) groups excluding carboxylic acids is 2. The summed E-state index contributed by atoms with van der Waals surface area (Å²) in [5.74, 6) is 0.375. The number of nitrogens with one attached hydrogen (secondary N) is 2. The van der Waals surface area contributed by atoms with Gasteiger partial charge >= 0.3 is 6.09 Å². The Morgan fingerprint density at radius 2 is 2.21 bits per heavy atom. The van der Waals surface area contributed by atoms with Crippen molar-refractivity contribution in [2.45, 2.75) is 51.6 Å². The van der Waals surface area contributed by atoms with Gasteiger partial charge in [0, 0.05) is 48.3 Å². The van der Waals surface area contributed by atoms with E-state index in [1.807, 2.05) is 30.2 Å². The fraction of sp³-hybridized carbons (Fsp3) is 0.478. The van der Waals surface area contributed by atoms with Crippen molar-refractivity contribution >= 4 is 40.9 Å². The molecule has 1 saturated carbocycles. The van der Waals surface area contributed by atoms with Crippen molar-refractivity contribution in [2.24, 2.45) is 10.7 Å². The Hall–Kier alpha value is -3.14. The van der Waals surface area contributed by atoms with Crippen molar-refractivity contribution in [1.82, 2.24) is 20.4 Å². The number of hydrogen-bond acceptors (Lipinski definition) is 7. The van der Waals surface area contributed by atoms with Gasteiger partial charge in [0.15, 0.2) is 0 Å². The molecule has 2 aromatic rings. The minimum Gasteiger partial charge on any atom is -0.446 e. The van der Waals surface area contributed by atoms with Gasteiger partial charge in [-0.15, -0.1) is 11.3 Å². The number of amides is 2. The number of nitrogens with two attached hydrogens (primary N) is 1. The van der Waals surface area contributed by atoms with Crippen molar-refractivity contribution in [1.29, 1.82) is 0 Å². The molecule has 0 spiro atoms. The molecule has 0 aromatic carbocycles. The number of thiophene rings is 1. The van der Waals surface area contributed by atoms with Gasteiger partial charge in [-0.05, 0) is 44.2 Å². The number of H-pyrrole nitrogens is 1. The molecule has 9 nitrogen and oxygen atoms in total. The molecule has 1 aliphatic heterocycles. The van der Waals surface area contributed by atoms with Crippen LogP contribution < -0.4 is 11.1 Å². The van der Waals surface area contributed by atoms with Gasteiger partial charge < -0.3 is 20.7 Å². The summed E-state index contributed by atoms with van der Waals surface area (Å²) in [7, 11) is 0. The molecule has 1 fully saturated rings. The van der Waals surface area contributed by atoms with E-state index in [9.17, 15) is 9.59 Å². The summed E-state index contributed by atoms with van der Waals surface area (Å²) >= 11 is 1.56. The molecule has 0 unspecified atom stereocenters. The topological polar surface area (TPSA) is 126 Å². The maximum Gasteiger partial charge on any atom is 0.407 e. The minimum atomic E-state index is -0.373. The van der Waals surface area contributed by atoms with Gasteiger partial charge in [0.2, 0.25) is 5.91 Å². The smallest absolute Gasteiger partial charge is 0.407 e. The largest absolute Gasteiger partial charge is 0.446 e. The fourth-order valence-electron chi connectivity index (χ4n) is 3.78. The average Bonchev–Trinajstić information content (AvgIpc) is 3.40. The molecule has 0 atom stereocenters. The summed E-state index contributed by atoms with van der Waals surface area (Å²) < 4.78 is 5.30. The Bertz CT molecular complexity index is 1040. The molecule has 0 bridgehead atoms. The number of aromatic nitrogens is 2. The van der Waals surface area contributed by atoms with Crippen LogP contribution in [0.25, 0.3) is 16.5 Å². The zero-order valence-electron chi connectivity index (χ0n) is 18.8. The number of alkyl carbamates (subject to hydrolysis) is 1. The number of aliphatic imine (C=N–C) groups is 1. The number of fused-ring (bicyclic) bond motifs is 1. The van der Waals surface area contributed by atoms with Crippen LogP contribution in [0.1, 0.15) is 50.3 Å². The standard InChI is InChI=1S/C23H30N6O3S/c1-2-8-29(9-4-7-25-23(31)32-17-5-3-6-17)22(30)15-10-20-18(28-21(24)11-15)12-19(33-20)16-13-26-27-14-16/h10,12-14,17H,2-9,11H2,1H3,(H2,24,28)(H,25,31)(H,26,27). The van der Waals surface area contributed by atoms with Gasteiger partial charge in [0.05, 0.1) is 16.8 Å². The molecule has 0 radical (unpaired) electrons. The second-order valence-corrected chi connectivity index (χ2v) is 9.41. The van der Waals surface area contributed by atoms with Crippen LogP contribution in [0.4, 0.5) is 10.5 Å². The Morgan fingerprint density at radius 3 is 2.91 bits per heavy atom. The van der Waals surface area contributed by atoms with E-state index in [1.54, 1.807) is 17.5 Å². The van der Waals surface area contributed by atoms with Crippen LogP contribution in [0.2, 0.25) is 0 Å². The van der Waals surface area contributed by atoms with Crippen molar-refractivity contribution in [3.8, 4) is 10.4 Å². The third-order valence-corrected chi connectivity index (χ3v) is 6.84. The lowest BCUT2D eigenvalue weighted by Gasteiger charge is -2.25. The first kappa shape index (κ1) is 23.0. The highest BCUT2D eigenvalue weighted by Crippen LogP contribution is 2.39. The molecule has 2 amide bonds. The summed E-state index contributed by atoms with van der Waals surface area (Å²) in [6.45, 7) is 3.69. The summed E-state index contributed by atoms with van der Waals surface area (Å²) in [6.07, 6.45) is 10.0. The number of amidine groups is 1. The summed E-state index contributed by atoms with van der Waals surface area (Å²) in [5, 5.41) is 9.61. The number of aromatic amines is 1. The maximum absolute atomic E-state index is 13.4. The van der Waals surface area contributed by atoms with Gasteiger partial charge in [0.1, 0.15) is 11.9 Å². The van der Waals surface area contributed by atoms with Crippen molar-refractivity contribution in [3.05, 3.63) is 28.9 Å². The maximum atomic E-state index is 13.4. The molecule has 0 saturated heterocycles. The number of carbonyl (C=O) groups is 2. The Labute approximate surface area is 197 Å². The van der Waals surface area contributed by atoms with Gasteiger partial charge in [-0.3, -0.25) is 9.89 Å². The average molecular weight is 471 g/mol. The third kappa shape index (κ3) is 5.81. The zero-order chi connectivity index (χ0) is 23.2. The van der Waals surface area contributed by atoms with E-state index < -0.39 is 0 Å². The quantitative estimate of drug-likeness (QED) is 0.480. The van der Waals surface area contributed by atoms with Crippen LogP contribution in [0.5, 0.6) is 0 Å². The predicted octanol–water partition coefficient (Wildman–Crippen LogP) is 3.82. The van der Waals surface area contributed by atoms with E-state index in [2.05, 4.69) is 20.5 Å². The first-order chi connectivity index (χ1) is 16.0. The highest BCUT2D eigenvalue weighted by molar-refractivity contribution is 7.17. The third-order valence-electron chi connectivity index (χ3n) is 5.72. The molecule has 176 valence electrons. The SMILES string of the molecule is CCCN(CCCNC(=O)OC1CCC1)C(=O)C1=Cc2sc(-c3cn[nH]c3)cc2N=C(N)C1. The number of ether oxygens (including phenoxy) is 1. The molecule has 1 aliphatic carbocycles. The van der Waals surface area contributed by atoms with Gasteiger partial charge in [-0.2, -0.15) is 5.10 Å². The van der Waals surface area contributed by atoms with E-state index in [-0.39, 0.29) is 18.1 Å². The van der Waals surface area contributed by atoms with Crippen LogP contribution in [0.3, 0.4) is 0 Å². The lowest BCUT2D eigenvalue weighted by atomic mass is 9.96. The lowest BCUT2D eigenvalue weighted by Crippen LogP contribution is -2.37. The van der Waals surface area contributed by atoms with Gasteiger partial charge in [0.25, 0.3) is 0 Å². The molecule has 3 heterocycles. The number of rotatable bonds is 9. The van der Waals surface area contributed by atoms with E-state index >= 15 is 0 Å². The van der Waals surface area contributed by atoms with E-state index in [4.69, 9.17) is 10.5 Å². The first-order valence-electron chi connectivity index (χ1n) is 11.4. The van der Waals surface area contributed by atoms with E-state index in [1.165, 1.54) is 0 Å². The summed E-state index contributed by atoms with van der Waals surface area (Å²) in [6, 6.07) is 1.97. The minimum absolute atomic E-state index is 0.0434. The van der Waals surface area contributed by atoms with Crippen LogP contribution in [-0.4, -0.2) is 58.7 Å². The second-order valence-electron chi connectivity index (χ2n) is 8.33. The fourth-order valence-corrected chi connectivity index (χ4v) is 4.83. The zero-order valence-corrected chi connectivity index (χ0v) is 19.6.